The molecule has 0 bridgehead atoms. The predicted octanol–water partition coefficient (Wildman–Crippen LogP) is 5.62. The minimum absolute atomic E-state index is 0.0764. The normalized spacial score (nSPS) is 15.4. The second-order valence-corrected chi connectivity index (χ2v) is 8.06. The maximum Gasteiger partial charge on any atom is 0.416 e. The van der Waals surface area contributed by atoms with Crippen LogP contribution >= 0.6 is 0 Å². The minimum Gasteiger partial charge on any atom is -0.497 e. The summed E-state index contributed by atoms with van der Waals surface area (Å²) in [6, 6.07) is 16.0. The van der Waals surface area contributed by atoms with Crippen LogP contribution in [0.25, 0.3) is 0 Å². The second kappa shape index (κ2) is 9.70. The third-order valence-electron chi connectivity index (χ3n) is 5.86. The van der Waals surface area contributed by atoms with Gasteiger partial charge in [0, 0.05) is 37.4 Å². The molecule has 4 rings (SSSR count). The summed E-state index contributed by atoms with van der Waals surface area (Å²) in [6.07, 6.45) is -1.52. The Balaban J connectivity index is 1.49. The summed E-state index contributed by atoms with van der Waals surface area (Å²) in [7, 11) is 1.57. The zero-order valence-corrected chi connectivity index (χ0v) is 18.2. The van der Waals surface area contributed by atoms with Crippen LogP contribution in [-0.4, -0.2) is 37.0 Å². The van der Waals surface area contributed by atoms with Gasteiger partial charge in [0.15, 0.2) is 5.76 Å². The van der Waals surface area contributed by atoms with Gasteiger partial charge in [-0.05, 0) is 48.7 Å². The Morgan fingerprint density at radius 2 is 1.85 bits per heavy atom. The molecule has 8 heteroatoms. The monoisotopic (exact) mass is 458 g/mol. The molecule has 0 spiro atoms. The number of hydrogen-bond donors (Lipinski definition) is 0. The fraction of sp³-hybridized carbons (Fsp3) is 0.320. The van der Waals surface area contributed by atoms with Gasteiger partial charge in [-0.15, -0.1) is 0 Å². The first-order valence-corrected chi connectivity index (χ1v) is 10.7. The molecule has 1 aliphatic heterocycles. The Labute approximate surface area is 190 Å². The molecule has 0 radical (unpaired) electrons. The molecule has 0 aliphatic carbocycles. The first-order valence-electron chi connectivity index (χ1n) is 10.7. The summed E-state index contributed by atoms with van der Waals surface area (Å²) in [5, 5.41) is 0. The first kappa shape index (κ1) is 22.9. The van der Waals surface area contributed by atoms with Crippen LogP contribution in [0.4, 0.5) is 18.9 Å². The molecule has 2 heterocycles. The maximum atomic E-state index is 13.3. The van der Waals surface area contributed by atoms with Gasteiger partial charge in [0.1, 0.15) is 5.75 Å². The van der Waals surface area contributed by atoms with E-state index in [9.17, 15) is 18.0 Å². The summed E-state index contributed by atoms with van der Waals surface area (Å²) in [6.45, 7) is 1.75. The molecule has 1 fully saturated rings. The molecular formula is C25H25F3N2O3. The molecule has 174 valence electrons. The quantitative estimate of drug-likeness (QED) is 0.481. The number of hydrogen-bond acceptors (Lipinski definition) is 4. The van der Waals surface area contributed by atoms with E-state index in [0.717, 1.165) is 6.07 Å². The van der Waals surface area contributed by atoms with Gasteiger partial charge in [0.2, 0.25) is 0 Å². The summed E-state index contributed by atoms with van der Waals surface area (Å²) in [4.78, 5) is 17.1. The SMILES string of the molecule is COc1cccc(N(C(=O)c2ccco2)C2CCN(Cc3cccc(C(F)(F)F)c3)CC2)c1. The standard InChI is InChI=1S/C25H25F3N2O3/c1-32-22-8-3-7-21(16-22)30(24(31)23-9-4-14-33-23)20-10-12-29(13-11-20)17-18-5-2-6-19(15-18)25(26,27)28/h2-9,14-16,20H,10-13,17H2,1H3. The lowest BCUT2D eigenvalue weighted by molar-refractivity contribution is -0.137. The molecule has 1 amide bonds. The summed E-state index contributed by atoms with van der Waals surface area (Å²) < 4.78 is 49.8. The van der Waals surface area contributed by atoms with Crippen molar-refractivity contribution in [3.63, 3.8) is 0 Å². The zero-order valence-electron chi connectivity index (χ0n) is 18.2. The van der Waals surface area contributed by atoms with E-state index in [-0.39, 0.29) is 17.7 Å². The molecule has 1 aromatic heterocycles. The van der Waals surface area contributed by atoms with E-state index in [1.807, 2.05) is 24.3 Å². The summed E-state index contributed by atoms with van der Waals surface area (Å²) in [5.74, 6) is 0.667. The molecule has 0 atom stereocenters. The third-order valence-corrected chi connectivity index (χ3v) is 5.86. The highest BCUT2D eigenvalue weighted by molar-refractivity contribution is 6.04. The van der Waals surface area contributed by atoms with Gasteiger partial charge < -0.3 is 14.1 Å². The van der Waals surface area contributed by atoms with Crippen LogP contribution < -0.4 is 9.64 Å². The zero-order chi connectivity index (χ0) is 23.4. The van der Waals surface area contributed by atoms with E-state index in [0.29, 0.717) is 49.5 Å². The molecule has 33 heavy (non-hydrogen) atoms. The van der Waals surface area contributed by atoms with Crippen molar-refractivity contribution in [3.05, 3.63) is 83.8 Å². The van der Waals surface area contributed by atoms with E-state index in [2.05, 4.69) is 4.90 Å². The fourth-order valence-corrected chi connectivity index (χ4v) is 4.21. The molecule has 1 aliphatic rings. The lowest BCUT2D eigenvalue weighted by Crippen LogP contribution is -2.47. The van der Waals surface area contributed by atoms with Crippen molar-refractivity contribution >= 4 is 11.6 Å². The van der Waals surface area contributed by atoms with E-state index < -0.39 is 11.7 Å². The third kappa shape index (κ3) is 5.39. The summed E-state index contributed by atoms with van der Waals surface area (Å²) >= 11 is 0. The highest BCUT2D eigenvalue weighted by atomic mass is 19.4. The number of nitrogens with zero attached hydrogens (tertiary/aromatic N) is 2. The smallest absolute Gasteiger partial charge is 0.416 e. The predicted molar refractivity (Wildman–Crippen MR) is 118 cm³/mol. The van der Waals surface area contributed by atoms with Gasteiger partial charge in [0.25, 0.3) is 5.91 Å². The van der Waals surface area contributed by atoms with Crippen LogP contribution in [0.3, 0.4) is 0 Å². The van der Waals surface area contributed by atoms with Crippen LogP contribution in [0.1, 0.15) is 34.5 Å². The lowest BCUT2D eigenvalue weighted by Gasteiger charge is -2.38. The highest BCUT2D eigenvalue weighted by Crippen LogP contribution is 2.31. The first-order chi connectivity index (χ1) is 15.8. The minimum atomic E-state index is -4.35. The molecule has 5 nitrogen and oxygen atoms in total. The van der Waals surface area contributed by atoms with Crippen LogP contribution in [0, 0.1) is 0 Å². The Kier molecular flexibility index (Phi) is 6.74. The number of anilines is 1. The number of furan rings is 1. The highest BCUT2D eigenvalue weighted by Gasteiger charge is 2.32. The number of methoxy groups -OCH3 is 1. The van der Waals surface area contributed by atoms with Crippen molar-refractivity contribution in [1.82, 2.24) is 4.90 Å². The number of rotatable bonds is 6. The molecule has 1 saturated heterocycles. The van der Waals surface area contributed by atoms with E-state index in [4.69, 9.17) is 9.15 Å². The molecule has 0 saturated carbocycles. The number of likely N-dealkylation sites (tertiary alicyclic amines) is 1. The number of alkyl halides is 3. The van der Waals surface area contributed by atoms with Gasteiger partial charge in [-0.25, -0.2) is 0 Å². The van der Waals surface area contributed by atoms with Gasteiger partial charge in [0.05, 0.1) is 18.9 Å². The van der Waals surface area contributed by atoms with Gasteiger partial charge >= 0.3 is 6.18 Å². The lowest BCUT2D eigenvalue weighted by atomic mass is 10.0. The second-order valence-electron chi connectivity index (χ2n) is 8.06. The summed E-state index contributed by atoms with van der Waals surface area (Å²) in [5.41, 5.74) is 0.704. The number of ether oxygens (including phenoxy) is 1. The Bertz CT molecular complexity index is 1070. The van der Waals surface area contributed by atoms with Crippen molar-refractivity contribution in [3.8, 4) is 5.75 Å². The Morgan fingerprint density at radius 1 is 1.09 bits per heavy atom. The van der Waals surface area contributed by atoms with Crippen LogP contribution in [0.5, 0.6) is 5.75 Å². The van der Waals surface area contributed by atoms with Gasteiger partial charge in [-0.2, -0.15) is 13.2 Å². The Morgan fingerprint density at radius 3 is 2.52 bits per heavy atom. The molecular weight excluding hydrogens is 433 g/mol. The largest absolute Gasteiger partial charge is 0.497 e. The number of halogens is 3. The Hall–Kier alpha value is -3.26. The van der Waals surface area contributed by atoms with Gasteiger partial charge in [-0.3, -0.25) is 9.69 Å². The van der Waals surface area contributed by atoms with Crippen molar-refractivity contribution in [2.75, 3.05) is 25.1 Å². The van der Waals surface area contributed by atoms with Crippen LogP contribution in [0.15, 0.2) is 71.3 Å². The van der Waals surface area contributed by atoms with Crippen LogP contribution in [0.2, 0.25) is 0 Å². The van der Waals surface area contributed by atoms with E-state index in [1.54, 1.807) is 30.2 Å². The average molecular weight is 458 g/mol. The average Bonchev–Trinajstić information content (AvgIpc) is 3.35. The van der Waals surface area contributed by atoms with Crippen molar-refractivity contribution in [2.24, 2.45) is 0 Å². The van der Waals surface area contributed by atoms with Gasteiger partial charge in [-0.1, -0.05) is 24.3 Å². The molecule has 2 aromatic carbocycles. The van der Waals surface area contributed by atoms with E-state index in [1.165, 1.54) is 18.4 Å². The van der Waals surface area contributed by atoms with Crippen molar-refractivity contribution < 1.29 is 27.1 Å². The van der Waals surface area contributed by atoms with Crippen LogP contribution in [-0.2, 0) is 12.7 Å². The number of amides is 1. The molecule has 3 aromatic rings. The number of benzene rings is 2. The number of carbonyl (C=O) groups excluding carboxylic acids is 1. The number of piperidine rings is 1. The van der Waals surface area contributed by atoms with E-state index >= 15 is 0 Å². The van der Waals surface area contributed by atoms with Crippen molar-refractivity contribution in [1.29, 1.82) is 0 Å². The van der Waals surface area contributed by atoms with Crippen molar-refractivity contribution in [2.45, 2.75) is 31.6 Å². The number of carbonyl (C=O) groups is 1. The molecule has 0 unspecified atom stereocenters. The fourth-order valence-electron chi connectivity index (χ4n) is 4.21. The molecule has 0 N–H and O–H groups in total. The maximum absolute atomic E-state index is 13.3. The topological polar surface area (TPSA) is 45.9 Å².